The average molecular weight is 304 g/mol. The van der Waals surface area contributed by atoms with E-state index in [2.05, 4.69) is 5.32 Å². The van der Waals surface area contributed by atoms with Gasteiger partial charge in [-0.3, -0.25) is 9.59 Å². The molecule has 2 aromatic rings. The normalized spacial score (nSPS) is 10.8. The highest BCUT2D eigenvalue weighted by atomic mass is 16.5. The monoisotopic (exact) mass is 304 g/mol. The molecular formula is C16H20N2O4. The summed E-state index contributed by atoms with van der Waals surface area (Å²) in [6, 6.07) is 7.70. The Labute approximate surface area is 128 Å². The highest BCUT2D eigenvalue weighted by molar-refractivity contribution is 6.07. The van der Waals surface area contributed by atoms with Crippen LogP contribution in [0.2, 0.25) is 0 Å². The predicted molar refractivity (Wildman–Crippen MR) is 83.0 cm³/mol. The van der Waals surface area contributed by atoms with Crippen LogP contribution in [0.4, 0.5) is 0 Å². The van der Waals surface area contributed by atoms with Crippen molar-refractivity contribution in [2.75, 3.05) is 20.3 Å². The summed E-state index contributed by atoms with van der Waals surface area (Å²) >= 11 is 0. The number of carbonyl (C=O) groups is 2. The topological polar surface area (TPSA) is 80.6 Å². The van der Waals surface area contributed by atoms with Crippen LogP contribution in [0.3, 0.4) is 0 Å². The summed E-state index contributed by atoms with van der Waals surface area (Å²) in [4.78, 5) is 22.8. The van der Waals surface area contributed by atoms with Crippen molar-refractivity contribution >= 4 is 22.8 Å². The second-order valence-corrected chi connectivity index (χ2v) is 5.00. The Hall–Kier alpha value is -2.34. The largest absolute Gasteiger partial charge is 0.481 e. The van der Waals surface area contributed by atoms with Gasteiger partial charge < -0.3 is 19.7 Å². The molecular weight excluding hydrogens is 284 g/mol. The minimum atomic E-state index is -0.856. The fourth-order valence-corrected chi connectivity index (χ4v) is 2.34. The number of hydrogen-bond acceptors (Lipinski definition) is 3. The lowest BCUT2D eigenvalue weighted by Crippen LogP contribution is -2.24. The molecule has 0 fully saturated rings. The second kappa shape index (κ2) is 7.61. The SMILES string of the molecule is COCCn1cc(C(=O)NCCCC(=O)O)c2ccccc21. The van der Waals surface area contributed by atoms with Crippen molar-refractivity contribution in [2.24, 2.45) is 0 Å². The Balaban J connectivity index is 2.12. The number of carbonyl (C=O) groups excluding carboxylic acids is 1. The van der Waals surface area contributed by atoms with Gasteiger partial charge in [0.15, 0.2) is 0 Å². The molecule has 6 nitrogen and oxygen atoms in total. The first-order valence-electron chi connectivity index (χ1n) is 7.20. The van der Waals surface area contributed by atoms with Gasteiger partial charge in [-0.2, -0.15) is 0 Å². The van der Waals surface area contributed by atoms with Crippen molar-refractivity contribution in [1.29, 1.82) is 0 Å². The zero-order chi connectivity index (χ0) is 15.9. The Morgan fingerprint density at radius 1 is 1.32 bits per heavy atom. The smallest absolute Gasteiger partial charge is 0.303 e. The van der Waals surface area contributed by atoms with E-state index in [1.165, 1.54) is 0 Å². The van der Waals surface area contributed by atoms with Crippen molar-refractivity contribution in [2.45, 2.75) is 19.4 Å². The van der Waals surface area contributed by atoms with E-state index in [9.17, 15) is 9.59 Å². The molecule has 0 saturated carbocycles. The van der Waals surface area contributed by atoms with Gasteiger partial charge in [-0.25, -0.2) is 0 Å². The van der Waals surface area contributed by atoms with Crippen molar-refractivity contribution in [3.8, 4) is 0 Å². The molecule has 1 heterocycles. The van der Waals surface area contributed by atoms with Gasteiger partial charge in [0.05, 0.1) is 12.2 Å². The number of aliphatic carboxylic acids is 1. The van der Waals surface area contributed by atoms with Gasteiger partial charge in [0.2, 0.25) is 0 Å². The number of aromatic nitrogens is 1. The number of ether oxygens (including phenoxy) is 1. The third-order valence-electron chi connectivity index (χ3n) is 3.42. The number of fused-ring (bicyclic) bond motifs is 1. The summed E-state index contributed by atoms with van der Waals surface area (Å²) < 4.78 is 7.08. The summed E-state index contributed by atoms with van der Waals surface area (Å²) in [6.07, 6.45) is 2.29. The van der Waals surface area contributed by atoms with E-state index in [1.54, 1.807) is 7.11 Å². The predicted octanol–water partition coefficient (Wildman–Crippen LogP) is 1.88. The number of amides is 1. The Bertz CT molecular complexity index is 663. The van der Waals surface area contributed by atoms with Crippen LogP contribution in [0.5, 0.6) is 0 Å². The van der Waals surface area contributed by atoms with Crippen LogP contribution in [0.1, 0.15) is 23.2 Å². The number of nitrogens with zero attached hydrogens (tertiary/aromatic N) is 1. The van der Waals surface area contributed by atoms with Gasteiger partial charge in [0.25, 0.3) is 5.91 Å². The first-order chi connectivity index (χ1) is 10.6. The quantitative estimate of drug-likeness (QED) is 0.730. The molecule has 118 valence electrons. The Kier molecular flexibility index (Phi) is 5.55. The minimum Gasteiger partial charge on any atom is -0.481 e. The first kappa shape index (κ1) is 16.0. The van der Waals surface area contributed by atoms with Crippen molar-refractivity contribution in [3.63, 3.8) is 0 Å². The van der Waals surface area contributed by atoms with E-state index in [0.29, 0.717) is 31.7 Å². The molecule has 0 saturated heterocycles. The number of para-hydroxylation sites is 1. The Morgan fingerprint density at radius 3 is 2.82 bits per heavy atom. The summed E-state index contributed by atoms with van der Waals surface area (Å²) in [6.45, 7) is 1.59. The molecule has 0 bridgehead atoms. The van der Waals surface area contributed by atoms with E-state index in [-0.39, 0.29) is 12.3 Å². The summed E-state index contributed by atoms with van der Waals surface area (Å²) in [5, 5.41) is 12.2. The molecule has 0 unspecified atom stereocenters. The van der Waals surface area contributed by atoms with E-state index < -0.39 is 5.97 Å². The number of benzene rings is 1. The lowest BCUT2D eigenvalue weighted by Gasteiger charge is -2.03. The van der Waals surface area contributed by atoms with Gasteiger partial charge >= 0.3 is 5.97 Å². The molecule has 0 atom stereocenters. The number of nitrogens with one attached hydrogen (secondary N) is 1. The van der Waals surface area contributed by atoms with Crippen molar-refractivity contribution in [1.82, 2.24) is 9.88 Å². The minimum absolute atomic E-state index is 0.0515. The molecule has 2 N–H and O–H groups in total. The molecule has 0 aliphatic heterocycles. The molecule has 1 amide bonds. The van der Waals surface area contributed by atoms with Crippen LogP contribution in [0.15, 0.2) is 30.5 Å². The lowest BCUT2D eigenvalue weighted by atomic mass is 10.1. The fraction of sp³-hybridized carbons (Fsp3) is 0.375. The van der Waals surface area contributed by atoms with Crippen LogP contribution in [-0.4, -0.2) is 41.8 Å². The van der Waals surface area contributed by atoms with Crippen LogP contribution in [0, 0.1) is 0 Å². The third-order valence-corrected chi connectivity index (χ3v) is 3.42. The maximum Gasteiger partial charge on any atom is 0.303 e. The number of methoxy groups -OCH3 is 1. The van der Waals surface area contributed by atoms with Gasteiger partial charge in [0, 0.05) is 43.7 Å². The highest BCUT2D eigenvalue weighted by Crippen LogP contribution is 2.21. The van der Waals surface area contributed by atoms with Crippen molar-refractivity contribution in [3.05, 3.63) is 36.0 Å². The summed E-state index contributed by atoms with van der Waals surface area (Å²) in [7, 11) is 1.64. The molecule has 22 heavy (non-hydrogen) atoms. The number of hydrogen-bond donors (Lipinski definition) is 2. The van der Waals surface area contributed by atoms with Gasteiger partial charge in [-0.15, -0.1) is 0 Å². The maximum absolute atomic E-state index is 12.3. The summed E-state index contributed by atoms with van der Waals surface area (Å²) in [5.74, 6) is -1.04. The van der Waals surface area contributed by atoms with E-state index in [1.807, 2.05) is 35.0 Å². The fourth-order valence-electron chi connectivity index (χ4n) is 2.34. The van der Waals surface area contributed by atoms with E-state index >= 15 is 0 Å². The van der Waals surface area contributed by atoms with E-state index in [0.717, 1.165) is 10.9 Å². The number of carboxylic acids is 1. The lowest BCUT2D eigenvalue weighted by molar-refractivity contribution is -0.137. The Morgan fingerprint density at radius 2 is 2.09 bits per heavy atom. The van der Waals surface area contributed by atoms with Crippen molar-refractivity contribution < 1.29 is 19.4 Å². The van der Waals surface area contributed by atoms with Crippen LogP contribution in [-0.2, 0) is 16.1 Å². The zero-order valence-corrected chi connectivity index (χ0v) is 12.5. The highest BCUT2D eigenvalue weighted by Gasteiger charge is 2.14. The molecule has 0 aliphatic carbocycles. The number of carboxylic acid groups (broad SMARTS) is 1. The molecule has 1 aromatic heterocycles. The molecule has 1 aromatic carbocycles. The van der Waals surface area contributed by atoms with Crippen LogP contribution >= 0.6 is 0 Å². The average Bonchev–Trinajstić information content (AvgIpc) is 2.88. The summed E-state index contributed by atoms with van der Waals surface area (Å²) in [5.41, 5.74) is 1.58. The zero-order valence-electron chi connectivity index (χ0n) is 12.5. The van der Waals surface area contributed by atoms with Gasteiger partial charge in [-0.1, -0.05) is 18.2 Å². The molecule has 0 spiro atoms. The number of rotatable bonds is 8. The maximum atomic E-state index is 12.3. The van der Waals surface area contributed by atoms with Crippen LogP contribution in [0.25, 0.3) is 10.9 Å². The first-order valence-corrected chi connectivity index (χ1v) is 7.20. The van der Waals surface area contributed by atoms with Gasteiger partial charge in [-0.05, 0) is 12.5 Å². The molecule has 0 radical (unpaired) electrons. The molecule has 6 heteroatoms. The third kappa shape index (κ3) is 3.85. The van der Waals surface area contributed by atoms with Gasteiger partial charge in [0.1, 0.15) is 0 Å². The van der Waals surface area contributed by atoms with Crippen LogP contribution < -0.4 is 5.32 Å². The van der Waals surface area contributed by atoms with E-state index in [4.69, 9.17) is 9.84 Å². The molecule has 2 rings (SSSR count). The molecule has 0 aliphatic rings. The standard InChI is InChI=1S/C16H20N2O4/c1-22-10-9-18-11-13(12-5-2-3-6-14(12)18)16(21)17-8-4-7-15(19)20/h2-3,5-6,11H,4,7-10H2,1H3,(H,17,21)(H,19,20). The second-order valence-electron chi connectivity index (χ2n) is 5.00.